The van der Waals surface area contributed by atoms with Gasteiger partial charge in [0, 0.05) is 6.54 Å². The van der Waals surface area contributed by atoms with Crippen LogP contribution < -0.4 is 26.8 Å². The first-order valence-electron chi connectivity index (χ1n) is 12.4. The van der Waals surface area contributed by atoms with Crippen molar-refractivity contribution in [3.05, 3.63) is 102 Å². The minimum atomic E-state index is -0.876. The van der Waals surface area contributed by atoms with Gasteiger partial charge in [-0.25, -0.2) is 0 Å². The van der Waals surface area contributed by atoms with E-state index in [0.29, 0.717) is 30.7 Å². The molecule has 0 aliphatic rings. The summed E-state index contributed by atoms with van der Waals surface area (Å²) >= 11 is 0. The third-order valence-electron chi connectivity index (χ3n) is 6.12. The zero-order valence-corrected chi connectivity index (χ0v) is 21.4. The zero-order valence-electron chi connectivity index (χ0n) is 21.4. The molecule has 0 radical (unpaired) electrons. The molecule has 0 aromatic heterocycles. The van der Waals surface area contributed by atoms with Crippen LogP contribution in [0.5, 0.6) is 5.75 Å². The van der Waals surface area contributed by atoms with Gasteiger partial charge in [-0.1, -0.05) is 72.8 Å². The number of hydrogen-bond acceptors (Lipinski definition) is 5. The van der Waals surface area contributed by atoms with Crippen molar-refractivity contribution in [1.82, 2.24) is 10.6 Å². The largest absolute Gasteiger partial charge is 0.497 e. The van der Waals surface area contributed by atoms with E-state index >= 15 is 0 Å². The molecule has 0 unspecified atom stereocenters. The maximum absolute atomic E-state index is 13.7. The van der Waals surface area contributed by atoms with Crippen molar-refractivity contribution in [1.29, 1.82) is 0 Å². The Balaban J connectivity index is 1.82. The lowest BCUT2D eigenvalue weighted by Crippen LogP contribution is -2.49. The molecule has 0 heterocycles. The molecular formula is C29H35N5O4. The van der Waals surface area contributed by atoms with Crippen LogP contribution >= 0.6 is 0 Å². The summed E-state index contributed by atoms with van der Waals surface area (Å²) in [5.74, 6) is -0.717. The normalized spacial score (nSPS) is 12.3. The van der Waals surface area contributed by atoms with E-state index in [0.717, 1.165) is 11.1 Å². The van der Waals surface area contributed by atoms with Crippen LogP contribution in [0.2, 0.25) is 0 Å². The summed E-state index contributed by atoms with van der Waals surface area (Å²) in [4.78, 5) is 31.1. The smallest absolute Gasteiger partial charge is 0.243 e. The van der Waals surface area contributed by atoms with E-state index in [1.54, 1.807) is 31.4 Å². The molecule has 3 aromatic carbocycles. The number of benzene rings is 3. The minimum absolute atomic E-state index is 0.0388. The van der Waals surface area contributed by atoms with Crippen LogP contribution in [-0.2, 0) is 9.59 Å². The SMILES string of the molecule is COc1ccc([C@H](CO)NC(=O)[C@@H](CCCN=C(N)N)NC(=O)C(c2ccccc2)c2ccccc2)cc1. The fourth-order valence-electron chi connectivity index (χ4n) is 4.16. The van der Waals surface area contributed by atoms with Gasteiger partial charge in [-0.2, -0.15) is 0 Å². The Morgan fingerprint density at radius 1 is 0.842 bits per heavy atom. The van der Waals surface area contributed by atoms with Crippen LogP contribution in [0, 0.1) is 0 Å². The number of nitrogens with zero attached hydrogens (tertiary/aromatic N) is 1. The molecule has 0 aliphatic carbocycles. The number of nitrogens with two attached hydrogens (primary N) is 2. The second kappa shape index (κ2) is 14.4. The number of amides is 2. The molecule has 3 rings (SSSR count). The Hall–Kier alpha value is -4.37. The van der Waals surface area contributed by atoms with Crippen LogP contribution in [0.25, 0.3) is 0 Å². The summed E-state index contributed by atoms with van der Waals surface area (Å²) in [5, 5.41) is 15.8. The molecule has 0 fully saturated rings. The number of hydrogen-bond donors (Lipinski definition) is 5. The van der Waals surface area contributed by atoms with E-state index in [9.17, 15) is 14.7 Å². The second-order valence-electron chi connectivity index (χ2n) is 8.78. The fourth-order valence-corrected chi connectivity index (χ4v) is 4.16. The van der Waals surface area contributed by atoms with Crippen molar-refractivity contribution in [2.75, 3.05) is 20.3 Å². The maximum Gasteiger partial charge on any atom is 0.243 e. The summed E-state index contributed by atoms with van der Waals surface area (Å²) in [5.41, 5.74) is 13.2. The van der Waals surface area contributed by atoms with Gasteiger partial charge in [-0.05, 0) is 41.7 Å². The average molecular weight is 518 g/mol. The van der Waals surface area contributed by atoms with Crippen LogP contribution in [0.3, 0.4) is 0 Å². The number of aliphatic hydroxyl groups excluding tert-OH is 1. The standard InChI is InChI=1S/C29H35N5O4/c1-38-23-16-14-20(15-17-23)25(19-35)34-27(36)24(13-8-18-32-29(30)31)33-28(37)26(21-9-4-2-5-10-21)22-11-6-3-7-12-22/h2-7,9-12,14-17,24-26,35H,8,13,18-19H2,1H3,(H,33,37)(H,34,36)(H4,30,31,32)/t24-,25+/m1/s1. The van der Waals surface area contributed by atoms with E-state index in [1.165, 1.54) is 0 Å². The van der Waals surface area contributed by atoms with Crippen LogP contribution in [0.1, 0.15) is 41.5 Å². The third-order valence-corrected chi connectivity index (χ3v) is 6.12. The predicted molar refractivity (Wildman–Crippen MR) is 148 cm³/mol. The number of guanidine groups is 1. The zero-order chi connectivity index (χ0) is 27.3. The summed E-state index contributed by atoms with van der Waals surface area (Å²) < 4.78 is 5.19. The first-order chi connectivity index (χ1) is 18.4. The van der Waals surface area contributed by atoms with Crippen molar-refractivity contribution >= 4 is 17.8 Å². The lowest BCUT2D eigenvalue weighted by atomic mass is 9.90. The van der Waals surface area contributed by atoms with Gasteiger partial charge >= 0.3 is 0 Å². The van der Waals surface area contributed by atoms with Gasteiger partial charge in [0.25, 0.3) is 0 Å². The van der Waals surface area contributed by atoms with Crippen LogP contribution in [0.15, 0.2) is 89.9 Å². The van der Waals surface area contributed by atoms with E-state index in [1.807, 2.05) is 60.7 Å². The highest BCUT2D eigenvalue weighted by atomic mass is 16.5. The van der Waals surface area contributed by atoms with Crippen molar-refractivity contribution in [3.8, 4) is 5.75 Å². The molecule has 0 saturated carbocycles. The molecule has 9 nitrogen and oxygen atoms in total. The quantitative estimate of drug-likeness (QED) is 0.133. The Labute approximate surface area is 222 Å². The van der Waals surface area contributed by atoms with Crippen molar-refractivity contribution in [2.24, 2.45) is 16.5 Å². The number of ether oxygens (including phenoxy) is 1. The second-order valence-corrected chi connectivity index (χ2v) is 8.78. The fraction of sp³-hybridized carbons (Fsp3) is 0.276. The Morgan fingerprint density at radius 3 is 1.92 bits per heavy atom. The number of carbonyl (C=O) groups excluding carboxylic acids is 2. The highest BCUT2D eigenvalue weighted by Gasteiger charge is 2.29. The minimum Gasteiger partial charge on any atom is -0.497 e. The maximum atomic E-state index is 13.7. The Bertz CT molecular complexity index is 1140. The molecule has 0 saturated heterocycles. The molecule has 3 aromatic rings. The first kappa shape index (κ1) is 28.2. The molecule has 0 aliphatic heterocycles. The van der Waals surface area contributed by atoms with Gasteiger partial charge in [0.15, 0.2) is 5.96 Å². The van der Waals surface area contributed by atoms with Crippen LogP contribution in [0.4, 0.5) is 0 Å². The van der Waals surface area contributed by atoms with Gasteiger partial charge in [0.05, 0.1) is 25.7 Å². The van der Waals surface area contributed by atoms with E-state index in [2.05, 4.69) is 15.6 Å². The molecule has 0 bridgehead atoms. The molecule has 38 heavy (non-hydrogen) atoms. The number of carbonyl (C=O) groups is 2. The lowest BCUT2D eigenvalue weighted by Gasteiger charge is -2.25. The Morgan fingerprint density at radius 2 is 1.42 bits per heavy atom. The van der Waals surface area contributed by atoms with Gasteiger partial charge in [-0.15, -0.1) is 0 Å². The molecular weight excluding hydrogens is 482 g/mol. The van der Waals surface area contributed by atoms with Gasteiger partial charge in [0.2, 0.25) is 11.8 Å². The number of nitrogens with one attached hydrogen (secondary N) is 2. The van der Waals surface area contributed by atoms with Gasteiger partial charge < -0.3 is 31.9 Å². The number of methoxy groups -OCH3 is 1. The molecule has 0 spiro atoms. The van der Waals surface area contributed by atoms with Gasteiger partial charge in [0.1, 0.15) is 11.8 Å². The topological polar surface area (TPSA) is 152 Å². The number of aliphatic imine (C=N–C) groups is 1. The van der Waals surface area contributed by atoms with Crippen molar-refractivity contribution in [2.45, 2.75) is 30.8 Å². The molecule has 2 amide bonds. The molecule has 9 heteroatoms. The number of aliphatic hydroxyl groups is 1. The molecule has 200 valence electrons. The Kier molecular flexibility index (Phi) is 10.7. The summed E-state index contributed by atoms with van der Waals surface area (Å²) in [6.07, 6.45) is 0.759. The highest BCUT2D eigenvalue weighted by Crippen LogP contribution is 2.25. The lowest BCUT2D eigenvalue weighted by molar-refractivity contribution is -0.130. The molecule has 7 N–H and O–H groups in total. The summed E-state index contributed by atoms with van der Waals surface area (Å²) in [6, 6.07) is 24.3. The van der Waals surface area contributed by atoms with Gasteiger partial charge in [-0.3, -0.25) is 14.6 Å². The average Bonchev–Trinajstić information content (AvgIpc) is 2.94. The van der Waals surface area contributed by atoms with E-state index < -0.39 is 23.9 Å². The highest BCUT2D eigenvalue weighted by molar-refractivity contribution is 5.92. The molecule has 2 atom stereocenters. The third kappa shape index (κ3) is 8.07. The summed E-state index contributed by atoms with van der Waals surface area (Å²) in [6.45, 7) is -0.00587. The predicted octanol–water partition coefficient (Wildman–Crippen LogP) is 2.22. The monoisotopic (exact) mass is 517 g/mol. The van der Waals surface area contributed by atoms with E-state index in [-0.39, 0.29) is 18.5 Å². The van der Waals surface area contributed by atoms with Crippen molar-refractivity contribution < 1.29 is 19.4 Å². The first-order valence-corrected chi connectivity index (χ1v) is 12.4. The number of rotatable bonds is 13. The van der Waals surface area contributed by atoms with Crippen LogP contribution in [-0.4, -0.2) is 49.2 Å². The van der Waals surface area contributed by atoms with Crippen molar-refractivity contribution in [3.63, 3.8) is 0 Å². The van der Waals surface area contributed by atoms with E-state index in [4.69, 9.17) is 16.2 Å². The summed E-state index contributed by atoms with van der Waals surface area (Å²) in [7, 11) is 1.56.